The summed E-state index contributed by atoms with van der Waals surface area (Å²) < 4.78 is 17.0. The minimum Gasteiger partial charge on any atom is -0.469 e. The highest BCUT2D eigenvalue weighted by molar-refractivity contribution is 6.49. The molecule has 5 heteroatoms. The van der Waals surface area contributed by atoms with Gasteiger partial charge < -0.3 is 14.0 Å². The molecule has 1 atom stereocenters. The van der Waals surface area contributed by atoms with Gasteiger partial charge in [0, 0.05) is 5.82 Å². The Bertz CT molecular complexity index is 396. The first-order valence-electron chi connectivity index (χ1n) is 7.14. The number of esters is 1. The van der Waals surface area contributed by atoms with Crippen LogP contribution in [0.25, 0.3) is 0 Å². The molecule has 19 heavy (non-hydrogen) atoms. The molecule has 0 N–H and O–H groups in total. The molecule has 1 spiro atoms. The fourth-order valence-corrected chi connectivity index (χ4v) is 3.54. The second kappa shape index (κ2) is 3.76. The summed E-state index contributed by atoms with van der Waals surface area (Å²) in [4.78, 5) is 11.5. The van der Waals surface area contributed by atoms with Crippen LogP contribution in [0.5, 0.6) is 0 Å². The van der Waals surface area contributed by atoms with Gasteiger partial charge in [-0.05, 0) is 52.4 Å². The molecule has 4 nitrogen and oxygen atoms in total. The largest absolute Gasteiger partial charge is 0.469 e. The van der Waals surface area contributed by atoms with Crippen LogP contribution in [0.1, 0.15) is 47.0 Å². The molecular weight excluding hydrogens is 243 g/mol. The number of ether oxygens (including phenoxy) is 1. The minimum absolute atomic E-state index is 0.0646. The molecule has 0 aromatic heterocycles. The Kier molecular flexibility index (Phi) is 2.66. The Balaban J connectivity index is 1.60. The Morgan fingerprint density at radius 1 is 1.11 bits per heavy atom. The van der Waals surface area contributed by atoms with E-state index in [1.54, 1.807) is 0 Å². The van der Waals surface area contributed by atoms with Crippen LogP contribution in [-0.2, 0) is 18.8 Å². The summed E-state index contributed by atoms with van der Waals surface area (Å²) in [6, 6.07) is 0. The van der Waals surface area contributed by atoms with E-state index in [4.69, 9.17) is 14.0 Å². The molecule has 3 fully saturated rings. The maximum Gasteiger partial charge on any atom is 0.461 e. The molecule has 2 aliphatic carbocycles. The summed E-state index contributed by atoms with van der Waals surface area (Å²) in [6.45, 7) is 8.33. The SMILES string of the molecule is COC(=O)C1CC2(C1)CC2B1OC(C)(C)C(C)(C)O1. The van der Waals surface area contributed by atoms with Gasteiger partial charge in [-0.25, -0.2) is 0 Å². The summed E-state index contributed by atoms with van der Waals surface area (Å²) >= 11 is 0. The van der Waals surface area contributed by atoms with Crippen molar-refractivity contribution in [2.75, 3.05) is 7.11 Å². The normalized spacial score (nSPS) is 42.1. The van der Waals surface area contributed by atoms with Gasteiger partial charge in [-0.3, -0.25) is 4.79 Å². The number of hydrogen-bond donors (Lipinski definition) is 0. The van der Waals surface area contributed by atoms with E-state index in [2.05, 4.69) is 27.7 Å². The second-order valence-electron chi connectivity index (χ2n) is 7.43. The van der Waals surface area contributed by atoms with Crippen LogP contribution in [0.2, 0.25) is 5.82 Å². The average molecular weight is 266 g/mol. The van der Waals surface area contributed by atoms with Gasteiger partial charge in [0.25, 0.3) is 0 Å². The van der Waals surface area contributed by atoms with Crippen LogP contribution in [0.3, 0.4) is 0 Å². The molecular formula is C14H23BO4. The van der Waals surface area contributed by atoms with Crippen molar-refractivity contribution in [3.05, 3.63) is 0 Å². The molecule has 0 amide bonds. The van der Waals surface area contributed by atoms with Crippen molar-refractivity contribution in [1.29, 1.82) is 0 Å². The lowest BCUT2D eigenvalue weighted by molar-refractivity contribution is -0.150. The zero-order valence-corrected chi connectivity index (χ0v) is 12.5. The minimum atomic E-state index is -0.257. The Hall–Kier alpha value is -0.545. The van der Waals surface area contributed by atoms with E-state index in [-0.39, 0.29) is 30.2 Å². The molecule has 1 saturated heterocycles. The summed E-state index contributed by atoms with van der Waals surface area (Å²) in [5.74, 6) is 0.483. The summed E-state index contributed by atoms with van der Waals surface area (Å²) in [5.41, 5.74) is -0.222. The van der Waals surface area contributed by atoms with Gasteiger partial charge in [-0.15, -0.1) is 0 Å². The van der Waals surface area contributed by atoms with Crippen LogP contribution in [0.4, 0.5) is 0 Å². The Morgan fingerprint density at radius 2 is 1.63 bits per heavy atom. The molecule has 0 aromatic carbocycles. The van der Waals surface area contributed by atoms with Crippen molar-refractivity contribution in [2.24, 2.45) is 11.3 Å². The van der Waals surface area contributed by atoms with Crippen molar-refractivity contribution in [3.63, 3.8) is 0 Å². The highest BCUT2D eigenvalue weighted by Gasteiger charge is 2.70. The molecule has 0 bridgehead atoms. The molecule has 1 aliphatic heterocycles. The van der Waals surface area contributed by atoms with Gasteiger partial charge in [0.1, 0.15) is 0 Å². The molecule has 0 radical (unpaired) electrons. The molecule has 1 unspecified atom stereocenters. The lowest BCUT2D eigenvalue weighted by Crippen LogP contribution is -2.41. The van der Waals surface area contributed by atoms with Crippen molar-refractivity contribution in [2.45, 2.75) is 64.0 Å². The standard InChI is InChI=1S/C14H23BO4/c1-12(2)13(3,4)19-15(18-12)10-8-14(10)6-9(7-14)11(16)17-5/h9-10H,6-8H2,1-5H3. The smallest absolute Gasteiger partial charge is 0.461 e. The second-order valence-corrected chi connectivity index (χ2v) is 7.43. The number of rotatable bonds is 2. The van der Waals surface area contributed by atoms with Gasteiger partial charge in [-0.2, -0.15) is 0 Å². The third-order valence-electron chi connectivity index (χ3n) is 5.69. The van der Waals surface area contributed by atoms with E-state index in [0.717, 1.165) is 19.3 Å². The van der Waals surface area contributed by atoms with Crippen LogP contribution >= 0.6 is 0 Å². The fraction of sp³-hybridized carbons (Fsp3) is 0.929. The average Bonchev–Trinajstić information content (AvgIpc) is 2.94. The van der Waals surface area contributed by atoms with Gasteiger partial charge in [0.2, 0.25) is 0 Å². The third kappa shape index (κ3) is 1.85. The van der Waals surface area contributed by atoms with E-state index in [9.17, 15) is 4.79 Å². The van der Waals surface area contributed by atoms with Gasteiger partial charge in [0.15, 0.2) is 0 Å². The maximum absolute atomic E-state index is 11.5. The van der Waals surface area contributed by atoms with Crippen molar-refractivity contribution in [1.82, 2.24) is 0 Å². The molecule has 3 rings (SSSR count). The predicted molar refractivity (Wildman–Crippen MR) is 71.6 cm³/mol. The number of carbonyl (C=O) groups is 1. The van der Waals surface area contributed by atoms with E-state index in [1.165, 1.54) is 7.11 Å². The van der Waals surface area contributed by atoms with Crippen LogP contribution < -0.4 is 0 Å². The zero-order chi connectivity index (χ0) is 14.1. The molecule has 2 saturated carbocycles. The van der Waals surface area contributed by atoms with E-state index in [0.29, 0.717) is 11.2 Å². The van der Waals surface area contributed by atoms with Gasteiger partial charge >= 0.3 is 13.1 Å². The lowest BCUT2D eigenvalue weighted by Gasteiger charge is -2.35. The first kappa shape index (κ1) is 13.4. The monoisotopic (exact) mass is 266 g/mol. The predicted octanol–water partition coefficient (Wildman–Crippen LogP) is 2.42. The number of carbonyl (C=O) groups excluding carboxylic acids is 1. The van der Waals surface area contributed by atoms with Crippen molar-refractivity contribution < 1.29 is 18.8 Å². The van der Waals surface area contributed by atoms with Crippen LogP contribution in [0, 0.1) is 11.3 Å². The molecule has 0 aromatic rings. The maximum atomic E-state index is 11.5. The quantitative estimate of drug-likeness (QED) is 0.568. The first-order chi connectivity index (χ1) is 8.71. The molecule has 3 aliphatic rings. The van der Waals surface area contributed by atoms with Crippen LogP contribution in [0.15, 0.2) is 0 Å². The highest BCUT2D eigenvalue weighted by atomic mass is 16.7. The van der Waals surface area contributed by atoms with Crippen LogP contribution in [-0.4, -0.2) is 31.4 Å². The van der Waals surface area contributed by atoms with Crippen molar-refractivity contribution in [3.8, 4) is 0 Å². The van der Waals surface area contributed by atoms with Gasteiger partial charge in [0.05, 0.1) is 24.2 Å². The number of methoxy groups -OCH3 is 1. The first-order valence-corrected chi connectivity index (χ1v) is 7.14. The zero-order valence-electron chi connectivity index (χ0n) is 12.5. The van der Waals surface area contributed by atoms with Crippen molar-refractivity contribution >= 4 is 13.1 Å². The van der Waals surface area contributed by atoms with E-state index < -0.39 is 0 Å². The topological polar surface area (TPSA) is 44.8 Å². The van der Waals surface area contributed by atoms with E-state index >= 15 is 0 Å². The van der Waals surface area contributed by atoms with E-state index in [1.807, 2.05) is 0 Å². The Morgan fingerprint density at radius 3 is 2.11 bits per heavy atom. The molecule has 106 valence electrons. The molecule has 1 heterocycles. The summed E-state index contributed by atoms with van der Waals surface area (Å²) in [6.07, 6.45) is 3.00. The summed E-state index contributed by atoms with van der Waals surface area (Å²) in [5, 5.41) is 0. The fourth-order valence-electron chi connectivity index (χ4n) is 3.54. The number of hydrogen-bond acceptors (Lipinski definition) is 4. The lowest BCUT2D eigenvalue weighted by atomic mass is 9.64. The Labute approximate surface area is 115 Å². The summed E-state index contributed by atoms with van der Waals surface area (Å²) in [7, 11) is 1.36. The third-order valence-corrected chi connectivity index (χ3v) is 5.69. The van der Waals surface area contributed by atoms with Gasteiger partial charge in [-0.1, -0.05) is 0 Å². The highest BCUT2D eigenvalue weighted by Crippen LogP contribution is 2.73.